The highest BCUT2D eigenvalue weighted by atomic mass is 16.3. The van der Waals surface area contributed by atoms with E-state index in [0.29, 0.717) is 0 Å². The van der Waals surface area contributed by atoms with Crippen LogP contribution in [0.5, 0.6) is 0 Å². The molecule has 0 amide bonds. The van der Waals surface area contributed by atoms with Crippen molar-refractivity contribution in [1.82, 2.24) is 15.1 Å². The van der Waals surface area contributed by atoms with Crippen LogP contribution < -0.4 is 5.32 Å². The van der Waals surface area contributed by atoms with Crippen molar-refractivity contribution >= 4 is 0 Å². The van der Waals surface area contributed by atoms with Gasteiger partial charge in [0.1, 0.15) is 0 Å². The van der Waals surface area contributed by atoms with Crippen LogP contribution in [0.25, 0.3) is 0 Å². The molecule has 1 heterocycles. The van der Waals surface area contributed by atoms with E-state index in [-0.39, 0.29) is 17.7 Å². The minimum absolute atomic E-state index is 0.0255. The minimum atomic E-state index is -0.0674. The quantitative estimate of drug-likeness (QED) is 0.879. The Morgan fingerprint density at radius 3 is 2.53 bits per heavy atom. The van der Waals surface area contributed by atoms with Crippen molar-refractivity contribution in [3.05, 3.63) is 18.0 Å². The monoisotopic (exact) mass is 265 g/mol. The molecule has 1 aliphatic rings. The lowest BCUT2D eigenvalue weighted by molar-refractivity contribution is 0.119. The smallest absolute Gasteiger partial charge is 0.0613 e. The van der Waals surface area contributed by atoms with Crippen molar-refractivity contribution in [3.8, 4) is 0 Å². The third-order valence-electron chi connectivity index (χ3n) is 4.10. The van der Waals surface area contributed by atoms with E-state index in [4.69, 9.17) is 0 Å². The second-order valence-electron chi connectivity index (χ2n) is 6.82. The van der Waals surface area contributed by atoms with Gasteiger partial charge in [-0.1, -0.05) is 19.3 Å². The third-order valence-corrected chi connectivity index (χ3v) is 4.10. The van der Waals surface area contributed by atoms with Crippen LogP contribution in [0.2, 0.25) is 0 Å². The van der Waals surface area contributed by atoms with E-state index < -0.39 is 0 Å². The van der Waals surface area contributed by atoms with E-state index in [9.17, 15) is 5.11 Å². The van der Waals surface area contributed by atoms with Crippen LogP contribution in [0.15, 0.2) is 12.4 Å². The van der Waals surface area contributed by atoms with Crippen LogP contribution in [0.4, 0.5) is 0 Å². The minimum Gasteiger partial charge on any atom is -0.394 e. The average Bonchev–Trinajstić information content (AvgIpc) is 2.86. The number of nitrogens with zero attached hydrogens (tertiary/aromatic N) is 2. The number of aromatic nitrogens is 2. The van der Waals surface area contributed by atoms with Crippen molar-refractivity contribution < 1.29 is 5.11 Å². The lowest BCUT2D eigenvalue weighted by Gasteiger charge is -2.36. The van der Waals surface area contributed by atoms with Crippen LogP contribution in [-0.4, -0.2) is 27.0 Å². The van der Waals surface area contributed by atoms with Crippen molar-refractivity contribution in [1.29, 1.82) is 0 Å². The van der Waals surface area contributed by atoms with Gasteiger partial charge in [-0.3, -0.25) is 4.68 Å². The number of hydrogen-bond acceptors (Lipinski definition) is 3. The third kappa shape index (κ3) is 3.57. The number of rotatable bonds is 4. The molecule has 4 heteroatoms. The van der Waals surface area contributed by atoms with Gasteiger partial charge in [0.2, 0.25) is 0 Å². The Morgan fingerprint density at radius 1 is 1.32 bits per heavy atom. The van der Waals surface area contributed by atoms with Gasteiger partial charge in [-0.25, -0.2) is 0 Å². The summed E-state index contributed by atoms with van der Waals surface area (Å²) < 4.78 is 2.00. The van der Waals surface area contributed by atoms with E-state index >= 15 is 0 Å². The molecular weight excluding hydrogens is 238 g/mol. The Morgan fingerprint density at radius 2 is 2.00 bits per heavy atom. The summed E-state index contributed by atoms with van der Waals surface area (Å²) in [4.78, 5) is 0. The Bertz CT molecular complexity index is 400. The molecule has 1 aromatic heterocycles. The van der Waals surface area contributed by atoms with E-state index in [2.05, 4.69) is 37.4 Å². The summed E-state index contributed by atoms with van der Waals surface area (Å²) in [6.07, 6.45) is 9.91. The van der Waals surface area contributed by atoms with Crippen LogP contribution >= 0.6 is 0 Å². The van der Waals surface area contributed by atoms with Gasteiger partial charge in [0.15, 0.2) is 0 Å². The summed E-state index contributed by atoms with van der Waals surface area (Å²) in [5, 5.41) is 17.6. The molecule has 0 saturated heterocycles. The molecule has 2 N–H and O–H groups in total. The summed E-state index contributed by atoms with van der Waals surface area (Å²) in [7, 11) is 0. The van der Waals surface area contributed by atoms with Gasteiger partial charge in [0.05, 0.1) is 18.3 Å². The fourth-order valence-corrected chi connectivity index (χ4v) is 2.73. The molecule has 1 saturated carbocycles. The maximum atomic E-state index is 9.67. The highest BCUT2D eigenvalue weighted by Crippen LogP contribution is 2.28. The molecule has 0 radical (unpaired) electrons. The van der Waals surface area contributed by atoms with Gasteiger partial charge in [-0.2, -0.15) is 5.10 Å². The second-order valence-corrected chi connectivity index (χ2v) is 6.82. The first-order chi connectivity index (χ1) is 8.95. The van der Waals surface area contributed by atoms with Gasteiger partial charge in [-0.15, -0.1) is 0 Å². The Kier molecular flexibility index (Phi) is 4.31. The highest BCUT2D eigenvalue weighted by molar-refractivity contribution is 5.06. The number of aliphatic hydroxyl groups excluding tert-OH is 1. The average molecular weight is 265 g/mol. The van der Waals surface area contributed by atoms with Crippen LogP contribution in [0.1, 0.15) is 58.4 Å². The molecule has 2 rings (SSSR count). The van der Waals surface area contributed by atoms with Gasteiger partial charge in [-0.05, 0) is 33.6 Å². The van der Waals surface area contributed by atoms with E-state index in [1.165, 1.54) is 24.8 Å². The fourth-order valence-electron chi connectivity index (χ4n) is 2.73. The topological polar surface area (TPSA) is 50.1 Å². The summed E-state index contributed by atoms with van der Waals surface area (Å²) >= 11 is 0. The predicted molar refractivity (Wildman–Crippen MR) is 77.0 cm³/mol. The maximum Gasteiger partial charge on any atom is 0.0613 e. The van der Waals surface area contributed by atoms with Crippen molar-refractivity contribution in [2.24, 2.45) is 0 Å². The molecule has 0 aliphatic heterocycles. The van der Waals surface area contributed by atoms with Crippen LogP contribution in [-0.2, 0) is 12.1 Å². The number of hydrogen-bond donors (Lipinski definition) is 2. The predicted octanol–water partition coefficient (Wildman–Crippen LogP) is 2.42. The standard InChI is InChI=1S/C15H27N3O/c1-14(2,3)18-11-13(10-17-18)9-16-15(12-19)7-5-4-6-8-15/h10-11,16,19H,4-9,12H2,1-3H3. The van der Waals surface area contributed by atoms with E-state index in [1.54, 1.807) is 0 Å². The summed E-state index contributed by atoms with van der Waals surface area (Å²) in [5.41, 5.74) is 1.15. The molecule has 0 bridgehead atoms. The van der Waals surface area contributed by atoms with Gasteiger partial charge in [0, 0.05) is 23.8 Å². The molecule has 0 unspecified atom stereocenters. The zero-order valence-corrected chi connectivity index (χ0v) is 12.4. The van der Waals surface area contributed by atoms with Crippen molar-refractivity contribution in [2.75, 3.05) is 6.61 Å². The SMILES string of the molecule is CC(C)(C)n1cc(CNC2(CO)CCCCC2)cn1. The Labute approximate surface area is 116 Å². The Balaban J connectivity index is 1.96. The molecule has 1 aromatic rings. The molecule has 1 aliphatic carbocycles. The summed E-state index contributed by atoms with van der Waals surface area (Å²) in [6, 6.07) is 0. The zero-order chi connectivity index (χ0) is 13.9. The lowest BCUT2D eigenvalue weighted by Crippen LogP contribution is -2.49. The summed E-state index contributed by atoms with van der Waals surface area (Å²) in [6.45, 7) is 7.46. The van der Waals surface area contributed by atoms with Crippen LogP contribution in [0, 0.1) is 0 Å². The van der Waals surface area contributed by atoms with Gasteiger partial charge >= 0.3 is 0 Å². The Hall–Kier alpha value is -0.870. The molecule has 4 nitrogen and oxygen atoms in total. The molecule has 1 fully saturated rings. The van der Waals surface area contributed by atoms with Crippen molar-refractivity contribution in [2.45, 2.75) is 70.5 Å². The first kappa shape index (κ1) is 14.5. The van der Waals surface area contributed by atoms with Crippen molar-refractivity contribution in [3.63, 3.8) is 0 Å². The maximum absolute atomic E-state index is 9.67. The highest BCUT2D eigenvalue weighted by Gasteiger charge is 2.30. The summed E-state index contributed by atoms with van der Waals surface area (Å²) in [5.74, 6) is 0. The van der Waals surface area contributed by atoms with E-state index in [1.807, 2.05) is 10.9 Å². The lowest BCUT2D eigenvalue weighted by atomic mass is 9.82. The molecular formula is C15H27N3O. The first-order valence-corrected chi connectivity index (χ1v) is 7.35. The first-order valence-electron chi connectivity index (χ1n) is 7.35. The molecule has 0 aromatic carbocycles. The normalized spacial score (nSPS) is 19.6. The fraction of sp³-hybridized carbons (Fsp3) is 0.800. The molecule has 0 atom stereocenters. The molecule has 108 valence electrons. The van der Waals surface area contributed by atoms with Gasteiger partial charge in [0.25, 0.3) is 0 Å². The number of nitrogens with one attached hydrogen (secondary N) is 1. The number of aliphatic hydroxyl groups is 1. The second kappa shape index (κ2) is 5.63. The zero-order valence-electron chi connectivity index (χ0n) is 12.4. The largest absolute Gasteiger partial charge is 0.394 e. The van der Waals surface area contributed by atoms with Gasteiger partial charge < -0.3 is 10.4 Å². The van der Waals surface area contributed by atoms with E-state index in [0.717, 1.165) is 19.4 Å². The molecule has 0 spiro atoms. The molecule has 19 heavy (non-hydrogen) atoms. The van der Waals surface area contributed by atoms with Crippen LogP contribution in [0.3, 0.4) is 0 Å².